The van der Waals surface area contributed by atoms with Crippen LogP contribution >= 0.6 is 11.8 Å². The Bertz CT molecular complexity index is 1120. The summed E-state index contributed by atoms with van der Waals surface area (Å²) >= 11 is 1.57. The molecular weight excluding hydrogens is 396 g/mol. The number of amides is 1. The average molecular weight is 421 g/mol. The number of thioether (sulfide) groups is 1. The third-order valence-electron chi connectivity index (χ3n) is 5.23. The summed E-state index contributed by atoms with van der Waals surface area (Å²) < 4.78 is 1.79. The normalized spacial score (nSPS) is 15.5. The SMILES string of the molecule is CCSc1nc2n(n1)[C@@H](c1ccncc1)C(C(=O)Nc1cccc(C)c1C)=C(C)N2. The number of rotatable bonds is 5. The van der Waals surface area contributed by atoms with E-state index < -0.39 is 6.04 Å². The molecule has 8 heteroatoms. The van der Waals surface area contributed by atoms with Gasteiger partial charge in [0.05, 0.1) is 5.57 Å². The fraction of sp³-hybridized carbons (Fsp3) is 0.273. The molecule has 0 fully saturated rings. The minimum absolute atomic E-state index is 0.165. The Kier molecular flexibility index (Phi) is 5.59. The van der Waals surface area contributed by atoms with Gasteiger partial charge in [0, 0.05) is 23.8 Å². The van der Waals surface area contributed by atoms with Crippen LogP contribution in [-0.2, 0) is 4.79 Å². The van der Waals surface area contributed by atoms with Crippen LogP contribution in [-0.4, -0.2) is 31.4 Å². The fourth-order valence-corrected chi connectivity index (χ4v) is 4.10. The molecule has 3 aromatic rings. The first-order chi connectivity index (χ1) is 14.5. The van der Waals surface area contributed by atoms with Crippen molar-refractivity contribution in [3.63, 3.8) is 0 Å². The number of hydrogen-bond acceptors (Lipinski definition) is 6. The van der Waals surface area contributed by atoms with Crippen LogP contribution in [0.4, 0.5) is 11.6 Å². The molecule has 154 valence electrons. The van der Waals surface area contributed by atoms with Crippen molar-refractivity contribution in [1.82, 2.24) is 19.7 Å². The molecule has 4 rings (SSSR count). The number of fused-ring (bicyclic) bond motifs is 1. The number of hydrogen-bond donors (Lipinski definition) is 2. The van der Waals surface area contributed by atoms with E-state index in [1.165, 1.54) is 0 Å². The van der Waals surface area contributed by atoms with Gasteiger partial charge in [0.1, 0.15) is 6.04 Å². The molecule has 0 spiro atoms. The van der Waals surface area contributed by atoms with E-state index in [0.717, 1.165) is 33.8 Å². The van der Waals surface area contributed by atoms with E-state index >= 15 is 0 Å². The number of pyridine rings is 1. The van der Waals surface area contributed by atoms with Crippen LogP contribution in [0.15, 0.2) is 59.2 Å². The summed E-state index contributed by atoms with van der Waals surface area (Å²) in [5.41, 5.74) is 5.28. The van der Waals surface area contributed by atoms with Crippen molar-refractivity contribution in [3.8, 4) is 0 Å². The van der Waals surface area contributed by atoms with Crippen LogP contribution in [0.25, 0.3) is 0 Å². The highest BCUT2D eigenvalue weighted by molar-refractivity contribution is 7.99. The van der Waals surface area contributed by atoms with Crippen LogP contribution in [0, 0.1) is 13.8 Å². The molecule has 30 heavy (non-hydrogen) atoms. The Labute approximate surface area is 180 Å². The molecule has 0 bridgehead atoms. The van der Waals surface area contributed by atoms with Gasteiger partial charge in [0.15, 0.2) is 0 Å². The second kappa shape index (κ2) is 8.31. The van der Waals surface area contributed by atoms with Crippen molar-refractivity contribution in [3.05, 3.63) is 70.7 Å². The first-order valence-electron chi connectivity index (χ1n) is 9.84. The summed E-state index contributed by atoms with van der Waals surface area (Å²) in [4.78, 5) is 22.2. The molecule has 2 aromatic heterocycles. The third-order valence-corrected chi connectivity index (χ3v) is 5.95. The van der Waals surface area contributed by atoms with Gasteiger partial charge < -0.3 is 10.6 Å². The number of benzene rings is 1. The molecule has 1 aromatic carbocycles. The van der Waals surface area contributed by atoms with Crippen LogP contribution < -0.4 is 10.6 Å². The lowest BCUT2D eigenvalue weighted by Crippen LogP contribution is -2.31. The largest absolute Gasteiger partial charge is 0.328 e. The molecule has 7 nitrogen and oxygen atoms in total. The number of anilines is 2. The maximum Gasteiger partial charge on any atom is 0.255 e. The van der Waals surface area contributed by atoms with E-state index in [4.69, 9.17) is 0 Å². The van der Waals surface area contributed by atoms with Crippen molar-refractivity contribution in [2.75, 3.05) is 16.4 Å². The Balaban J connectivity index is 1.77. The smallest absolute Gasteiger partial charge is 0.255 e. The monoisotopic (exact) mass is 420 g/mol. The zero-order valence-electron chi connectivity index (χ0n) is 17.4. The highest BCUT2D eigenvalue weighted by atomic mass is 32.2. The minimum atomic E-state index is -0.395. The first-order valence-corrected chi connectivity index (χ1v) is 10.8. The van der Waals surface area contributed by atoms with E-state index in [0.29, 0.717) is 16.7 Å². The maximum atomic E-state index is 13.5. The Morgan fingerprint density at radius 3 is 2.70 bits per heavy atom. The molecule has 1 aliphatic rings. The molecule has 1 amide bonds. The highest BCUT2D eigenvalue weighted by Gasteiger charge is 2.34. The number of aryl methyl sites for hydroxylation is 1. The Hall–Kier alpha value is -3.13. The topological polar surface area (TPSA) is 84.7 Å². The van der Waals surface area contributed by atoms with E-state index in [1.54, 1.807) is 28.8 Å². The molecular formula is C22H24N6OS. The summed E-state index contributed by atoms with van der Waals surface area (Å²) in [5, 5.41) is 11.7. The van der Waals surface area contributed by atoms with E-state index in [1.807, 2.05) is 51.1 Å². The lowest BCUT2D eigenvalue weighted by molar-refractivity contribution is -0.113. The average Bonchev–Trinajstić information content (AvgIpc) is 3.13. The second-order valence-corrected chi connectivity index (χ2v) is 8.38. The zero-order valence-corrected chi connectivity index (χ0v) is 18.2. The van der Waals surface area contributed by atoms with E-state index in [9.17, 15) is 4.79 Å². The van der Waals surface area contributed by atoms with E-state index in [-0.39, 0.29) is 5.91 Å². The Morgan fingerprint density at radius 1 is 1.20 bits per heavy atom. The summed E-state index contributed by atoms with van der Waals surface area (Å²) in [6.45, 7) is 8.00. The van der Waals surface area contributed by atoms with Crippen molar-refractivity contribution in [1.29, 1.82) is 0 Å². The molecule has 0 saturated heterocycles. The van der Waals surface area contributed by atoms with Crippen LogP contribution in [0.1, 0.15) is 36.6 Å². The van der Waals surface area contributed by atoms with Gasteiger partial charge in [-0.1, -0.05) is 30.8 Å². The van der Waals surface area contributed by atoms with Crippen molar-refractivity contribution in [2.45, 2.75) is 38.9 Å². The van der Waals surface area contributed by atoms with Gasteiger partial charge in [-0.3, -0.25) is 9.78 Å². The Morgan fingerprint density at radius 2 is 1.97 bits per heavy atom. The predicted molar refractivity (Wildman–Crippen MR) is 120 cm³/mol. The quantitative estimate of drug-likeness (QED) is 0.598. The number of nitrogens with one attached hydrogen (secondary N) is 2. The fourth-order valence-electron chi connectivity index (χ4n) is 3.55. The minimum Gasteiger partial charge on any atom is -0.328 e. The van der Waals surface area contributed by atoms with E-state index in [2.05, 4.69) is 32.6 Å². The van der Waals surface area contributed by atoms with Gasteiger partial charge in [0.2, 0.25) is 11.1 Å². The molecule has 3 heterocycles. The molecule has 0 unspecified atom stereocenters. The molecule has 2 N–H and O–H groups in total. The standard InChI is InChI=1S/C22H24N6OS/c1-5-30-22-26-21-24-15(4)18(19(28(21)27-22)16-9-11-23-12-10-16)20(29)25-17-8-6-7-13(2)14(17)3/h6-12,19H,5H2,1-4H3,(H,25,29)(H,24,26,27)/t19-/m0/s1. The van der Waals surface area contributed by atoms with Crippen molar-refractivity contribution in [2.24, 2.45) is 0 Å². The maximum absolute atomic E-state index is 13.5. The van der Waals surface area contributed by atoms with Gasteiger partial charge >= 0.3 is 0 Å². The lowest BCUT2D eigenvalue weighted by atomic mass is 9.95. The van der Waals surface area contributed by atoms with Crippen molar-refractivity contribution >= 4 is 29.3 Å². The molecule has 1 aliphatic heterocycles. The van der Waals surface area contributed by atoms with Crippen LogP contribution in [0.2, 0.25) is 0 Å². The number of aromatic nitrogens is 4. The number of allylic oxidation sites excluding steroid dienone is 1. The summed E-state index contributed by atoms with van der Waals surface area (Å²) in [5.74, 6) is 1.34. The molecule has 0 radical (unpaired) electrons. The zero-order chi connectivity index (χ0) is 21.3. The van der Waals surface area contributed by atoms with Gasteiger partial charge in [-0.05, 0) is 61.4 Å². The predicted octanol–water partition coefficient (Wildman–Crippen LogP) is 4.33. The number of carbonyl (C=O) groups is 1. The molecule has 0 saturated carbocycles. The van der Waals surface area contributed by atoms with Gasteiger partial charge in [-0.25, -0.2) is 4.68 Å². The summed E-state index contributed by atoms with van der Waals surface area (Å²) in [6.07, 6.45) is 3.45. The van der Waals surface area contributed by atoms with Crippen LogP contribution in [0.3, 0.4) is 0 Å². The van der Waals surface area contributed by atoms with Crippen molar-refractivity contribution < 1.29 is 4.79 Å². The second-order valence-electron chi connectivity index (χ2n) is 7.14. The summed E-state index contributed by atoms with van der Waals surface area (Å²) in [6, 6.07) is 9.33. The third kappa shape index (κ3) is 3.70. The number of carbonyl (C=O) groups excluding carboxylic acids is 1. The highest BCUT2D eigenvalue weighted by Crippen LogP contribution is 2.36. The van der Waals surface area contributed by atoms with Gasteiger partial charge in [0.25, 0.3) is 5.91 Å². The summed E-state index contributed by atoms with van der Waals surface area (Å²) in [7, 11) is 0. The first kappa shape index (κ1) is 20.2. The van der Waals surface area contributed by atoms with Gasteiger partial charge in [-0.2, -0.15) is 4.98 Å². The molecule has 1 atom stereocenters. The lowest BCUT2D eigenvalue weighted by Gasteiger charge is -2.28. The molecule has 0 aliphatic carbocycles. The van der Waals surface area contributed by atoms with Crippen LogP contribution in [0.5, 0.6) is 0 Å². The number of nitrogens with zero attached hydrogens (tertiary/aromatic N) is 4. The van der Waals surface area contributed by atoms with Gasteiger partial charge in [-0.15, -0.1) is 5.10 Å².